The Kier molecular flexibility index (Phi) is 7.26. The first kappa shape index (κ1) is 22.6. The number of ether oxygens (including phenoxy) is 1. The second-order valence-electron chi connectivity index (χ2n) is 11.3. The molecule has 31 heavy (non-hydrogen) atoms. The Bertz CT molecular complexity index is 835. The third-order valence-corrected chi connectivity index (χ3v) is 7.89. The summed E-state index contributed by atoms with van der Waals surface area (Å²) in [5.74, 6) is 2.83. The van der Waals surface area contributed by atoms with Gasteiger partial charge in [-0.2, -0.15) is 0 Å². The van der Waals surface area contributed by atoms with Crippen LogP contribution in [0.25, 0.3) is 10.8 Å². The summed E-state index contributed by atoms with van der Waals surface area (Å²) in [5, 5.41) is 2.63. The second-order valence-corrected chi connectivity index (χ2v) is 11.3. The first-order chi connectivity index (χ1) is 14.9. The normalized spacial score (nSPS) is 23.9. The highest BCUT2D eigenvalue weighted by Crippen LogP contribution is 2.39. The zero-order valence-corrected chi connectivity index (χ0v) is 20.3. The van der Waals surface area contributed by atoms with E-state index in [1.165, 1.54) is 80.8 Å². The molecule has 2 aliphatic rings. The first-order valence-corrected chi connectivity index (χ1v) is 12.8. The van der Waals surface area contributed by atoms with Gasteiger partial charge in [-0.3, -0.25) is 4.90 Å². The van der Waals surface area contributed by atoms with Crippen molar-refractivity contribution >= 4 is 10.8 Å². The number of nitrogens with zero attached hydrogens (tertiary/aromatic N) is 1. The maximum Gasteiger partial charge on any atom is 0.120 e. The van der Waals surface area contributed by atoms with E-state index in [0.29, 0.717) is 11.5 Å². The van der Waals surface area contributed by atoms with Crippen molar-refractivity contribution in [3.8, 4) is 5.75 Å². The Morgan fingerprint density at radius 1 is 0.871 bits per heavy atom. The summed E-state index contributed by atoms with van der Waals surface area (Å²) in [6.45, 7) is 13.1. The Morgan fingerprint density at radius 2 is 1.55 bits per heavy atom. The van der Waals surface area contributed by atoms with Crippen molar-refractivity contribution in [2.75, 3.05) is 13.1 Å². The number of hydrogen-bond donors (Lipinski definition) is 0. The van der Waals surface area contributed by atoms with E-state index in [-0.39, 0.29) is 0 Å². The Hall–Kier alpha value is -1.54. The van der Waals surface area contributed by atoms with E-state index in [2.05, 4.69) is 69.0 Å². The Labute approximate surface area is 190 Å². The molecule has 2 aromatic rings. The largest absolute Gasteiger partial charge is 0.490 e. The molecular formula is C29H43NO. The van der Waals surface area contributed by atoms with E-state index in [4.69, 9.17) is 4.74 Å². The van der Waals surface area contributed by atoms with Crippen LogP contribution in [-0.4, -0.2) is 24.1 Å². The van der Waals surface area contributed by atoms with Gasteiger partial charge in [-0.1, -0.05) is 58.7 Å². The van der Waals surface area contributed by atoms with Crippen molar-refractivity contribution < 1.29 is 4.74 Å². The summed E-state index contributed by atoms with van der Waals surface area (Å²) < 4.78 is 6.40. The quantitative estimate of drug-likeness (QED) is 0.471. The minimum absolute atomic E-state index is 0.381. The van der Waals surface area contributed by atoms with Crippen molar-refractivity contribution in [2.45, 2.75) is 91.7 Å². The number of piperidine rings is 1. The van der Waals surface area contributed by atoms with Crippen LogP contribution in [0.4, 0.5) is 0 Å². The second kappa shape index (κ2) is 9.94. The maximum absolute atomic E-state index is 6.40. The summed E-state index contributed by atoms with van der Waals surface area (Å²) in [7, 11) is 0. The van der Waals surface area contributed by atoms with Crippen LogP contribution >= 0.6 is 0 Å². The fraction of sp³-hybridized carbons (Fsp3) is 0.655. The number of fused-ring (bicyclic) bond motifs is 1. The molecule has 2 fully saturated rings. The van der Waals surface area contributed by atoms with Gasteiger partial charge >= 0.3 is 0 Å². The SMILES string of the molecule is CCCC1CCN(Cc2ccc3cc(OC4CCC(C(C)(C)C)CC4)ccc3c2)CC1. The number of likely N-dealkylation sites (tertiary alicyclic amines) is 1. The maximum atomic E-state index is 6.40. The molecule has 0 spiro atoms. The molecule has 2 aromatic carbocycles. The van der Waals surface area contributed by atoms with Gasteiger partial charge in [0.2, 0.25) is 0 Å². The van der Waals surface area contributed by atoms with Crippen LogP contribution in [0, 0.1) is 17.3 Å². The predicted molar refractivity (Wildman–Crippen MR) is 133 cm³/mol. The molecule has 170 valence electrons. The molecule has 0 bridgehead atoms. The van der Waals surface area contributed by atoms with Gasteiger partial charge < -0.3 is 4.74 Å². The molecule has 0 unspecified atom stereocenters. The molecule has 1 aliphatic carbocycles. The fourth-order valence-corrected chi connectivity index (χ4v) is 5.78. The molecular weight excluding hydrogens is 378 g/mol. The predicted octanol–water partition coefficient (Wildman–Crippen LogP) is 7.84. The summed E-state index contributed by atoms with van der Waals surface area (Å²) >= 11 is 0. The molecule has 1 aliphatic heterocycles. The smallest absolute Gasteiger partial charge is 0.120 e. The Morgan fingerprint density at radius 3 is 2.23 bits per heavy atom. The van der Waals surface area contributed by atoms with Gasteiger partial charge in [0.15, 0.2) is 0 Å². The van der Waals surface area contributed by atoms with E-state index in [9.17, 15) is 0 Å². The average molecular weight is 422 g/mol. The molecule has 2 nitrogen and oxygen atoms in total. The number of rotatable bonds is 6. The van der Waals surface area contributed by atoms with E-state index in [0.717, 1.165) is 24.1 Å². The monoisotopic (exact) mass is 421 g/mol. The molecule has 1 saturated carbocycles. The van der Waals surface area contributed by atoms with Crippen molar-refractivity contribution in [1.29, 1.82) is 0 Å². The standard InChI is InChI=1S/C29H43NO/c1-5-6-22-15-17-30(18-16-22)21-23-7-8-25-20-28(12-9-24(25)19-23)31-27-13-10-26(11-14-27)29(2,3)4/h7-9,12,19-20,22,26-27H,5-6,10-11,13-18,21H2,1-4H3. The van der Waals surface area contributed by atoms with Crippen molar-refractivity contribution in [2.24, 2.45) is 17.3 Å². The molecule has 0 radical (unpaired) electrons. The van der Waals surface area contributed by atoms with Gasteiger partial charge in [-0.15, -0.1) is 0 Å². The lowest BCUT2D eigenvalue weighted by Crippen LogP contribution is -2.33. The summed E-state index contributed by atoms with van der Waals surface area (Å²) in [5.41, 5.74) is 1.87. The molecule has 4 rings (SSSR count). The fourth-order valence-electron chi connectivity index (χ4n) is 5.78. The highest BCUT2D eigenvalue weighted by molar-refractivity contribution is 5.84. The van der Waals surface area contributed by atoms with E-state index in [1.54, 1.807) is 0 Å². The number of benzene rings is 2. The highest BCUT2D eigenvalue weighted by atomic mass is 16.5. The zero-order chi connectivity index (χ0) is 21.8. The molecule has 1 saturated heterocycles. The van der Waals surface area contributed by atoms with Gasteiger partial charge in [0.25, 0.3) is 0 Å². The van der Waals surface area contributed by atoms with Crippen molar-refractivity contribution in [3.05, 3.63) is 42.0 Å². The highest BCUT2D eigenvalue weighted by Gasteiger charge is 2.30. The summed E-state index contributed by atoms with van der Waals surface area (Å²) in [6.07, 6.45) is 10.8. The van der Waals surface area contributed by atoms with Gasteiger partial charge in [0, 0.05) is 6.54 Å². The Balaban J connectivity index is 1.32. The first-order valence-electron chi connectivity index (χ1n) is 12.8. The van der Waals surface area contributed by atoms with E-state index in [1.807, 2.05) is 0 Å². The topological polar surface area (TPSA) is 12.5 Å². The lowest BCUT2D eigenvalue weighted by Gasteiger charge is -2.37. The molecule has 0 amide bonds. The van der Waals surface area contributed by atoms with E-state index >= 15 is 0 Å². The van der Waals surface area contributed by atoms with Gasteiger partial charge in [0.05, 0.1) is 6.10 Å². The minimum atomic E-state index is 0.381. The number of hydrogen-bond acceptors (Lipinski definition) is 2. The van der Waals surface area contributed by atoms with Crippen LogP contribution in [0.1, 0.15) is 84.6 Å². The van der Waals surface area contributed by atoms with Crippen LogP contribution in [0.5, 0.6) is 5.75 Å². The molecule has 0 N–H and O–H groups in total. The van der Waals surface area contributed by atoms with Gasteiger partial charge in [0.1, 0.15) is 5.75 Å². The van der Waals surface area contributed by atoms with E-state index < -0.39 is 0 Å². The van der Waals surface area contributed by atoms with Crippen LogP contribution in [-0.2, 0) is 6.54 Å². The van der Waals surface area contributed by atoms with Crippen LogP contribution < -0.4 is 4.74 Å². The van der Waals surface area contributed by atoms with Gasteiger partial charge in [-0.25, -0.2) is 0 Å². The van der Waals surface area contributed by atoms with Gasteiger partial charge in [-0.05, 0) is 103 Å². The summed E-state index contributed by atoms with van der Waals surface area (Å²) in [6, 6.07) is 13.7. The van der Waals surface area contributed by atoms with Crippen LogP contribution in [0.15, 0.2) is 36.4 Å². The average Bonchev–Trinajstić information content (AvgIpc) is 2.75. The molecule has 0 aromatic heterocycles. The molecule has 1 heterocycles. The van der Waals surface area contributed by atoms with Crippen molar-refractivity contribution in [3.63, 3.8) is 0 Å². The third kappa shape index (κ3) is 6.04. The van der Waals surface area contributed by atoms with Crippen LogP contribution in [0.3, 0.4) is 0 Å². The zero-order valence-electron chi connectivity index (χ0n) is 20.3. The molecule has 0 atom stereocenters. The lowest BCUT2D eigenvalue weighted by molar-refractivity contribution is 0.0883. The minimum Gasteiger partial charge on any atom is -0.490 e. The van der Waals surface area contributed by atoms with Crippen LogP contribution in [0.2, 0.25) is 0 Å². The third-order valence-electron chi connectivity index (χ3n) is 7.89. The summed E-state index contributed by atoms with van der Waals surface area (Å²) in [4.78, 5) is 2.64. The molecule has 2 heteroatoms. The lowest BCUT2D eigenvalue weighted by atomic mass is 9.72. The van der Waals surface area contributed by atoms with Crippen molar-refractivity contribution in [1.82, 2.24) is 4.90 Å².